The van der Waals surface area contributed by atoms with Crippen molar-refractivity contribution in [3.8, 4) is 0 Å². The van der Waals surface area contributed by atoms with Crippen LogP contribution in [0.5, 0.6) is 0 Å². The lowest BCUT2D eigenvalue weighted by molar-refractivity contribution is 0.322. The monoisotopic (exact) mass is 257 g/mol. The molecule has 3 heteroatoms. The number of aromatic nitrogens is 2. The number of para-hydroxylation sites is 2. The van der Waals surface area contributed by atoms with Gasteiger partial charge in [-0.2, -0.15) is 0 Å². The lowest BCUT2D eigenvalue weighted by Gasteiger charge is -2.16. The lowest BCUT2D eigenvalue weighted by atomic mass is 10.3. The molecule has 3 rings (SSSR count). The van der Waals surface area contributed by atoms with E-state index in [1.54, 1.807) is 0 Å². The summed E-state index contributed by atoms with van der Waals surface area (Å²) in [7, 11) is 0. The molecule has 1 aliphatic heterocycles. The summed E-state index contributed by atoms with van der Waals surface area (Å²) in [5.41, 5.74) is 2.44. The molecule has 0 saturated carbocycles. The number of hydrogen-bond acceptors (Lipinski definition) is 2. The Hall–Kier alpha value is -1.35. The summed E-state index contributed by atoms with van der Waals surface area (Å²) in [5, 5.41) is 0. The third-order valence-electron chi connectivity index (χ3n) is 4.05. The maximum Gasteiger partial charge on any atom is 0.109 e. The van der Waals surface area contributed by atoms with E-state index in [2.05, 4.69) is 40.7 Å². The standard InChI is InChI=1S/C16H23N3/c1-2-7-16-17-14-8-3-4-9-15(14)19(16)13-12-18-10-5-6-11-18/h3-4,8-9H,2,5-7,10-13H2,1H3. The van der Waals surface area contributed by atoms with Crippen molar-refractivity contribution in [1.29, 1.82) is 0 Å². The minimum Gasteiger partial charge on any atom is -0.327 e. The van der Waals surface area contributed by atoms with Crippen molar-refractivity contribution in [1.82, 2.24) is 14.5 Å². The second-order valence-electron chi connectivity index (χ2n) is 5.47. The molecule has 1 aromatic heterocycles. The molecular formula is C16H23N3. The van der Waals surface area contributed by atoms with Crippen LogP contribution in [-0.2, 0) is 13.0 Å². The number of likely N-dealkylation sites (tertiary alicyclic amines) is 1. The topological polar surface area (TPSA) is 21.1 Å². The Morgan fingerprint density at radius 3 is 2.68 bits per heavy atom. The number of nitrogens with zero attached hydrogens (tertiary/aromatic N) is 3. The van der Waals surface area contributed by atoms with Crippen LogP contribution >= 0.6 is 0 Å². The molecule has 0 radical (unpaired) electrons. The maximum absolute atomic E-state index is 4.79. The summed E-state index contributed by atoms with van der Waals surface area (Å²) >= 11 is 0. The van der Waals surface area contributed by atoms with Gasteiger partial charge in [0, 0.05) is 19.5 Å². The van der Waals surface area contributed by atoms with Gasteiger partial charge >= 0.3 is 0 Å². The molecule has 19 heavy (non-hydrogen) atoms. The van der Waals surface area contributed by atoms with E-state index >= 15 is 0 Å². The number of benzene rings is 1. The Balaban J connectivity index is 1.84. The van der Waals surface area contributed by atoms with Gasteiger partial charge in [-0.25, -0.2) is 4.98 Å². The highest BCUT2D eigenvalue weighted by Crippen LogP contribution is 2.18. The molecule has 1 saturated heterocycles. The molecule has 0 spiro atoms. The summed E-state index contributed by atoms with van der Waals surface area (Å²) in [6.45, 7) is 7.02. The minimum absolute atomic E-state index is 1.08. The zero-order valence-corrected chi connectivity index (χ0v) is 11.8. The van der Waals surface area contributed by atoms with E-state index in [0.717, 1.165) is 31.4 Å². The van der Waals surface area contributed by atoms with Crippen LogP contribution in [-0.4, -0.2) is 34.1 Å². The van der Waals surface area contributed by atoms with Crippen molar-refractivity contribution < 1.29 is 0 Å². The fourth-order valence-electron chi connectivity index (χ4n) is 3.04. The van der Waals surface area contributed by atoms with Crippen molar-refractivity contribution in [3.63, 3.8) is 0 Å². The molecule has 0 atom stereocenters. The first-order chi connectivity index (χ1) is 9.38. The van der Waals surface area contributed by atoms with E-state index in [0.29, 0.717) is 0 Å². The third-order valence-corrected chi connectivity index (χ3v) is 4.05. The Labute approximate surface area is 115 Å². The van der Waals surface area contributed by atoms with Gasteiger partial charge in [0.25, 0.3) is 0 Å². The fraction of sp³-hybridized carbons (Fsp3) is 0.562. The second-order valence-corrected chi connectivity index (χ2v) is 5.47. The van der Waals surface area contributed by atoms with Crippen molar-refractivity contribution in [2.45, 2.75) is 39.2 Å². The van der Waals surface area contributed by atoms with E-state index in [4.69, 9.17) is 4.98 Å². The zero-order valence-electron chi connectivity index (χ0n) is 11.8. The Kier molecular flexibility index (Phi) is 3.83. The molecule has 0 unspecified atom stereocenters. The van der Waals surface area contributed by atoms with Gasteiger partial charge in [-0.3, -0.25) is 0 Å². The van der Waals surface area contributed by atoms with Gasteiger partial charge in [-0.15, -0.1) is 0 Å². The minimum atomic E-state index is 1.08. The lowest BCUT2D eigenvalue weighted by Crippen LogP contribution is -2.24. The molecule has 0 bridgehead atoms. The normalized spacial score (nSPS) is 16.5. The molecule has 1 aromatic carbocycles. The molecule has 3 nitrogen and oxygen atoms in total. The van der Waals surface area contributed by atoms with Gasteiger partial charge in [-0.05, 0) is 44.5 Å². The molecule has 1 aliphatic rings. The van der Waals surface area contributed by atoms with E-state index in [1.165, 1.54) is 37.3 Å². The number of imidazole rings is 1. The van der Waals surface area contributed by atoms with Crippen molar-refractivity contribution >= 4 is 11.0 Å². The van der Waals surface area contributed by atoms with Gasteiger partial charge in [0.1, 0.15) is 5.82 Å². The van der Waals surface area contributed by atoms with E-state index < -0.39 is 0 Å². The van der Waals surface area contributed by atoms with Gasteiger partial charge in [-0.1, -0.05) is 19.1 Å². The summed E-state index contributed by atoms with van der Waals surface area (Å²) < 4.78 is 2.43. The van der Waals surface area contributed by atoms with Gasteiger partial charge in [0.05, 0.1) is 11.0 Å². The third kappa shape index (κ3) is 2.66. The van der Waals surface area contributed by atoms with Crippen molar-refractivity contribution in [2.24, 2.45) is 0 Å². The van der Waals surface area contributed by atoms with E-state index in [1.807, 2.05) is 0 Å². The van der Waals surface area contributed by atoms with E-state index in [-0.39, 0.29) is 0 Å². The fourth-order valence-corrected chi connectivity index (χ4v) is 3.04. The Morgan fingerprint density at radius 2 is 1.89 bits per heavy atom. The average molecular weight is 257 g/mol. The van der Waals surface area contributed by atoms with Crippen LogP contribution in [0.15, 0.2) is 24.3 Å². The molecule has 2 heterocycles. The summed E-state index contributed by atoms with van der Waals surface area (Å²) in [5.74, 6) is 1.25. The predicted molar refractivity (Wildman–Crippen MR) is 79.4 cm³/mol. The number of rotatable bonds is 5. The molecular weight excluding hydrogens is 234 g/mol. The molecule has 0 amide bonds. The number of fused-ring (bicyclic) bond motifs is 1. The maximum atomic E-state index is 4.79. The van der Waals surface area contributed by atoms with Crippen molar-refractivity contribution in [3.05, 3.63) is 30.1 Å². The van der Waals surface area contributed by atoms with E-state index in [9.17, 15) is 0 Å². The summed E-state index contributed by atoms with van der Waals surface area (Å²) in [6, 6.07) is 8.52. The quantitative estimate of drug-likeness (QED) is 0.820. The molecule has 0 N–H and O–H groups in total. The number of aryl methyl sites for hydroxylation is 1. The van der Waals surface area contributed by atoms with Crippen LogP contribution in [0.2, 0.25) is 0 Å². The SMILES string of the molecule is CCCc1nc2ccccc2n1CCN1CCCC1. The number of hydrogen-bond donors (Lipinski definition) is 0. The first kappa shape index (κ1) is 12.7. The first-order valence-electron chi connectivity index (χ1n) is 7.55. The van der Waals surface area contributed by atoms with Gasteiger partial charge in [0.15, 0.2) is 0 Å². The Bertz CT molecular complexity index is 538. The smallest absolute Gasteiger partial charge is 0.109 e. The molecule has 2 aromatic rings. The highest BCUT2D eigenvalue weighted by Gasteiger charge is 2.14. The molecule has 1 fully saturated rings. The summed E-state index contributed by atoms with van der Waals surface area (Å²) in [6.07, 6.45) is 4.97. The largest absolute Gasteiger partial charge is 0.327 e. The Morgan fingerprint density at radius 1 is 1.11 bits per heavy atom. The summed E-state index contributed by atoms with van der Waals surface area (Å²) in [4.78, 5) is 7.37. The zero-order chi connectivity index (χ0) is 13.1. The first-order valence-corrected chi connectivity index (χ1v) is 7.55. The van der Waals surface area contributed by atoms with Crippen LogP contribution in [0.3, 0.4) is 0 Å². The van der Waals surface area contributed by atoms with Crippen molar-refractivity contribution in [2.75, 3.05) is 19.6 Å². The van der Waals surface area contributed by atoms with Gasteiger partial charge < -0.3 is 9.47 Å². The van der Waals surface area contributed by atoms with Crippen LogP contribution in [0, 0.1) is 0 Å². The van der Waals surface area contributed by atoms with Crippen LogP contribution in [0.1, 0.15) is 32.0 Å². The van der Waals surface area contributed by atoms with Crippen LogP contribution in [0.4, 0.5) is 0 Å². The van der Waals surface area contributed by atoms with Crippen LogP contribution in [0.25, 0.3) is 11.0 Å². The predicted octanol–water partition coefficient (Wildman–Crippen LogP) is 3.08. The van der Waals surface area contributed by atoms with Gasteiger partial charge in [0.2, 0.25) is 0 Å². The van der Waals surface area contributed by atoms with Crippen LogP contribution < -0.4 is 0 Å². The average Bonchev–Trinajstić information content (AvgIpc) is 3.04. The second kappa shape index (κ2) is 5.74. The highest BCUT2D eigenvalue weighted by molar-refractivity contribution is 5.75. The highest BCUT2D eigenvalue weighted by atomic mass is 15.2. The molecule has 102 valence electrons. The molecule has 0 aliphatic carbocycles.